The predicted octanol–water partition coefficient (Wildman–Crippen LogP) is 2.02. The summed E-state index contributed by atoms with van der Waals surface area (Å²) >= 11 is 0. The lowest BCUT2D eigenvalue weighted by Crippen LogP contribution is -2.34. The third kappa shape index (κ3) is 3.35. The normalized spacial score (nSPS) is 11.8. The maximum atomic E-state index is 12.3. The number of urea groups is 1. The molecule has 1 atom stereocenters. The smallest absolute Gasteiger partial charge is 0.320 e. The summed E-state index contributed by atoms with van der Waals surface area (Å²) in [6.07, 6.45) is 3.06. The van der Waals surface area contributed by atoms with Gasteiger partial charge in [-0.05, 0) is 6.07 Å². The molecule has 2 heterocycles. The van der Waals surface area contributed by atoms with Gasteiger partial charge < -0.3 is 19.9 Å². The molecule has 1 aromatic carbocycles. The number of anilines is 1. The fraction of sp³-hybridized carbons (Fsp3) is 0.200. The van der Waals surface area contributed by atoms with Gasteiger partial charge in [0, 0.05) is 18.7 Å². The Bertz CT molecular complexity index is 814. The van der Waals surface area contributed by atoms with Gasteiger partial charge in [-0.3, -0.25) is 5.10 Å². The van der Waals surface area contributed by atoms with Gasteiger partial charge in [0.1, 0.15) is 11.8 Å². The van der Waals surface area contributed by atoms with E-state index < -0.39 is 12.1 Å². The van der Waals surface area contributed by atoms with Crippen molar-refractivity contribution in [3.05, 3.63) is 53.9 Å². The summed E-state index contributed by atoms with van der Waals surface area (Å²) in [5.41, 5.74) is 1.25. The fourth-order valence-electron chi connectivity index (χ4n) is 2.24. The molecule has 2 amide bonds. The Morgan fingerprint density at radius 2 is 2.21 bits per heavy atom. The number of carbonyl (C=O) groups excluding carboxylic acids is 1. The van der Waals surface area contributed by atoms with Gasteiger partial charge in [-0.15, -0.1) is 0 Å². The first-order valence-corrected chi connectivity index (χ1v) is 7.17. The molecule has 0 bridgehead atoms. The zero-order chi connectivity index (χ0) is 16.9. The van der Waals surface area contributed by atoms with Gasteiger partial charge in [0.15, 0.2) is 5.82 Å². The van der Waals surface area contributed by atoms with E-state index in [4.69, 9.17) is 9.26 Å². The molecule has 9 heteroatoms. The lowest BCUT2D eigenvalue weighted by molar-refractivity contribution is 0.249. The predicted molar refractivity (Wildman–Crippen MR) is 84.6 cm³/mol. The molecule has 2 aromatic heterocycles. The molecule has 0 spiro atoms. The van der Waals surface area contributed by atoms with Crippen molar-refractivity contribution < 1.29 is 14.1 Å². The zero-order valence-corrected chi connectivity index (χ0v) is 13.1. The molecule has 0 saturated heterocycles. The van der Waals surface area contributed by atoms with Gasteiger partial charge >= 0.3 is 6.03 Å². The number of nitrogens with one attached hydrogen (secondary N) is 3. The van der Waals surface area contributed by atoms with E-state index in [1.54, 1.807) is 26.3 Å². The molecular formula is C15H16N6O3. The Labute approximate surface area is 137 Å². The summed E-state index contributed by atoms with van der Waals surface area (Å²) in [6, 6.07) is 6.23. The molecule has 0 saturated carbocycles. The topological polar surface area (TPSA) is 118 Å². The number of nitrogens with zero attached hydrogens (tertiary/aromatic N) is 3. The number of amides is 2. The maximum absolute atomic E-state index is 12.3. The number of aromatic nitrogens is 4. The van der Waals surface area contributed by atoms with Crippen LogP contribution in [0.2, 0.25) is 0 Å². The Morgan fingerprint density at radius 3 is 2.88 bits per heavy atom. The minimum atomic E-state index is -0.634. The van der Waals surface area contributed by atoms with E-state index in [1.807, 2.05) is 18.2 Å². The molecule has 0 fully saturated rings. The van der Waals surface area contributed by atoms with Crippen molar-refractivity contribution in [2.24, 2.45) is 0 Å². The standard InChI is InChI=1S/C15H16N6O3/c1-9-18-14(21-24-9)13(11-5-3-4-6-12(11)23-2)20-15(22)19-10-7-16-17-8-10/h3-8,13H,1-2H3,(H,16,17)(H2,19,20,22)/t13-/m0/s1. The summed E-state index contributed by atoms with van der Waals surface area (Å²) in [5, 5.41) is 15.8. The van der Waals surface area contributed by atoms with E-state index in [2.05, 4.69) is 31.0 Å². The van der Waals surface area contributed by atoms with Crippen molar-refractivity contribution in [1.82, 2.24) is 25.7 Å². The molecule has 3 rings (SSSR count). The van der Waals surface area contributed by atoms with Crippen LogP contribution in [0.4, 0.5) is 10.5 Å². The third-order valence-corrected chi connectivity index (χ3v) is 3.28. The van der Waals surface area contributed by atoms with Crippen LogP contribution in [0.25, 0.3) is 0 Å². The number of aryl methyl sites for hydroxylation is 1. The number of methoxy groups -OCH3 is 1. The van der Waals surface area contributed by atoms with Crippen LogP contribution in [-0.4, -0.2) is 33.5 Å². The van der Waals surface area contributed by atoms with E-state index in [0.29, 0.717) is 28.7 Å². The van der Waals surface area contributed by atoms with Crippen molar-refractivity contribution in [3.63, 3.8) is 0 Å². The molecule has 0 radical (unpaired) electrons. The van der Waals surface area contributed by atoms with Crippen molar-refractivity contribution >= 4 is 11.7 Å². The average Bonchev–Trinajstić information content (AvgIpc) is 3.24. The number of para-hydroxylation sites is 1. The van der Waals surface area contributed by atoms with Crippen LogP contribution in [0.3, 0.4) is 0 Å². The number of carbonyl (C=O) groups is 1. The maximum Gasteiger partial charge on any atom is 0.320 e. The lowest BCUT2D eigenvalue weighted by atomic mass is 10.1. The average molecular weight is 328 g/mol. The molecule has 0 aliphatic carbocycles. The third-order valence-electron chi connectivity index (χ3n) is 3.28. The number of hydrogen-bond donors (Lipinski definition) is 3. The monoisotopic (exact) mass is 328 g/mol. The van der Waals surface area contributed by atoms with E-state index in [-0.39, 0.29) is 0 Å². The molecule has 9 nitrogen and oxygen atoms in total. The van der Waals surface area contributed by atoms with E-state index in [9.17, 15) is 4.79 Å². The first-order valence-electron chi connectivity index (χ1n) is 7.17. The highest BCUT2D eigenvalue weighted by Crippen LogP contribution is 2.28. The minimum Gasteiger partial charge on any atom is -0.496 e. The molecule has 0 aliphatic rings. The number of aromatic amines is 1. The number of benzene rings is 1. The SMILES string of the molecule is COc1ccccc1[C@H](NC(=O)Nc1cn[nH]c1)c1noc(C)n1. The largest absolute Gasteiger partial charge is 0.496 e. The number of rotatable bonds is 5. The highest BCUT2D eigenvalue weighted by Gasteiger charge is 2.25. The summed E-state index contributed by atoms with van der Waals surface area (Å²) in [6.45, 7) is 1.68. The molecule has 24 heavy (non-hydrogen) atoms. The number of hydrogen-bond acceptors (Lipinski definition) is 6. The van der Waals surface area contributed by atoms with Crippen LogP contribution in [0.1, 0.15) is 23.3 Å². The van der Waals surface area contributed by atoms with Gasteiger partial charge in [-0.1, -0.05) is 23.4 Å². The fourth-order valence-corrected chi connectivity index (χ4v) is 2.24. The van der Waals surface area contributed by atoms with Crippen LogP contribution >= 0.6 is 0 Å². The van der Waals surface area contributed by atoms with E-state index in [1.165, 1.54) is 6.20 Å². The molecule has 0 aliphatic heterocycles. The quantitative estimate of drug-likeness (QED) is 0.659. The Morgan fingerprint density at radius 1 is 1.38 bits per heavy atom. The highest BCUT2D eigenvalue weighted by atomic mass is 16.5. The van der Waals surface area contributed by atoms with E-state index >= 15 is 0 Å². The Balaban J connectivity index is 1.89. The molecular weight excluding hydrogens is 312 g/mol. The van der Waals surface area contributed by atoms with Crippen LogP contribution in [-0.2, 0) is 0 Å². The van der Waals surface area contributed by atoms with Crippen LogP contribution in [0.15, 0.2) is 41.2 Å². The summed E-state index contributed by atoms with van der Waals surface area (Å²) in [7, 11) is 1.56. The second kappa shape index (κ2) is 6.82. The first kappa shape index (κ1) is 15.5. The molecule has 3 aromatic rings. The molecule has 3 N–H and O–H groups in total. The van der Waals surface area contributed by atoms with Gasteiger partial charge in [0.05, 0.1) is 19.0 Å². The summed E-state index contributed by atoms with van der Waals surface area (Å²) in [4.78, 5) is 16.5. The van der Waals surface area contributed by atoms with E-state index in [0.717, 1.165) is 0 Å². The van der Waals surface area contributed by atoms with Crippen molar-refractivity contribution in [2.45, 2.75) is 13.0 Å². The second-order valence-electron chi connectivity index (χ2n) is 4.93. The minimum absolute atomic E-state index is 0.333. The number of ether oxygens (including phenoxy) is 1. The van der Waals surface area contributed by atoms with Crippen molar-refractivity contribution in [1.29, 1.82) is 0 Å². The highest BCUT2D eigenvalue weighted by molar-refractivity contribution is 5.89. The molecule has 124 valence electrons. The Hall–Kier alpha value is -3.36. The lowest BCUT2D eigenvalue weighted by Gasteiger charge is -2.18. The summed E-state index contributed by atoms with van der Waals surface area (Å²) < 4.78 is 10.4. The number of H-pyrrole nitrogens is 1. The molecule has 0 unspecified atom stereocenters. The van der Waals surface area contributed by atoms with Gasteiger partial charge in [0.25, 0.3) is 0 Å². The van der Waals surface area contributed by atoms with Gasteiger partial charge in [-0.2, -0.15) is 10.1 Å². The summed E-state index contributed by atoms with van der Waals surface area (Å²) in [5.74, 6) is 1.34. The van der Waals surface area contributed by atoms with Gasteiger partial charge in [0.2, 0.25) is 5.89 Å². The van der Waals surface area contributed by atoms with Crippen LogP contribution in [0, 0.1) is 6.92 Å². The second-order valence-corrected chi connectivity index (χ2v) is 4.93. The zero-order valence-electron chi connectivity index (χ0n) is 13.1. The van der Waals surface area contributed by atoms with Crippen LogP contribution < -0.4 is 15.4 Å². The van der Waals surface area contributed by atoms with Gasteiger partial charge in [-0.25, -0.2) is 4.79 Å². The first-order chi connectivity index (χ1) is 11.7. The van der Waals surface area contributed by atoms with Crippen molar-refractivity contribution in [2.75, 3.05) is 12.4 Å². The Kier molecular flexibility index (Phi) is 4.41. The van der Waals surface area contributed by atoms with Crippen LogP contribution in [0.5, 0.6) is 5.75 Å². The van der Waals surface area contributed by atoms with Crippen molar-refractivity contribution in [3.8, 4) is 5.75 Å².